The summed E-state index contributed by atoms with van der Waals surface area (Å²) in [5, 5.41) is 3.46. The fourth-order valence-corrected chi connectivity index (χ4v) is 7.88. The number of hydrogen-bond acceptors (Lipinski definition) is 1. The van der Waals surface area contributed by atoms with E-state index in [-0.39, 0.29) is 0 Å². The number of aromatic nitrogens is 1. The molecular formula is C41H16BF20NS. The summed E-state index contributed by atoms with van der Waals surface area (Å²) in [7, 11) is 0. The highest BCUT2D eigenvalue weighted by Gasteiger charge is 2.52. The van der Waals surface area contributed by atoms with Crippen molar-refractivity contribution in [3.8, 4) is 10.6 Å². The first-order valence-corrected chi connectivity index (χ1v) is 18.2. The van der Waals surface area contributed by atoms with Crippen LogP contribution in [0, 0.1) is 123 Å². The summed E-state index contributed by atoms with van der Waals surface area (Å²) in [6.07, 6.45) is -5.06. The summed E-state index contributed by atoms with van der Waals surface area (Å²) in [5.41, 5.74) is -10.4. The summed E-state index contributed by atoms with van der Waals surface area (Å²) in [6.45, 7) is 3.05. The van der Waals surface area contributed by atoms with Gasteiger partial charge in [-0.25, -0.2) is 87.8 Å². The molecular weight excluding hydrogens is 929 g/mol. The van der Waals surface area contributed by atoms with Crippen molar-refractivity contribution in [1.82, 2.24) is 0 Å². The van der Waals surface area contributed by atoms with Gasteiger partial charge in [0.15, 0.2) is 82.5 Å². The van der Waals surface area contributed by atoms with Crippen molar-refractivity contribution >= 4 is 39.3 Å². The second-order valence-electron chi connectivity index (χ2n) is 13.5. The molecule has 0 atom stereocenters. The van der Waals surface area contributed by atoms with Gasteiger partial charge >= 0.3 is 0 Å². The Morgan fingerprint density at radius 1 is 0.375 bits per heavy atom. The highest BCUT2D eigenvalue weighted by Crippen LogP contribution is 2.31. The van der Waals surface area contributed by atoms with E-state index in [9.17, 15) is 52.7 Å². The van der Waals surface area contributed by atoms with E-state index in [1.54, 1.807) is 11.3 Å². The van der Waals surface area contributed by atoms with Crippen LogP contribution >= 0.6 is 11.3 Å². The maximum Gasteiger partial charge on any atom is 0.269 e. The minimum Gasteiger partial charge on any atom is -0.207 e. The van der Waals surface area contributed by atoms with Crippen LogP contribution < -0.4 is 26.4 Å². The van der Waals surface area contributed by atoms with Crippen LogP contribution in [0.1, 0.15) is 11.1 Å². The van der Waals surface area contributed by atoms with Gasteiger partial charge in [0, 0.05) is 5.56 Å². The van der Waals surface area contributed by atoms with E-state index >= 15 is 35.1 Å². The summed E-state index contributed by atoms with van der Waals surface area (Å²) >= 11 is 1.79. The number of nitrogens with zero attached hydrogens (tertiary/aromatic N) is 1. The van der Waals surface area contributed by atoms with Crippen LogP contribution in [0.15, 0.2) is 66.2 Å². The highest BCUT2D eigenvalue weighted by molar-refractivity contribution is 7.20. The van der Waals surface area contributed by atoms with Crippen molar-refractivity contribution in [2.75, 3.05) is 0 Å². The van der Waals surface area contributed by atoms with Gasteiger partial charge in [-0.2, -0.15) is 4.57 Å². The lowest BCUT2D eigenvalue weighted by Gasteiger charge is -2.44. The maximum atomic E-state index is 15.4. The van der Waals surface area contributed by atoms with Crippen LogP contribution in [0.3, 0.4) is 0 Å². The van der Waals surface area contributed by atoms with E-state index in [1.807, 2.05) is 0 Å². The van der Waals surface area contributed by atoms with Gasteiger partial charge in [-0.05, 0) is 19.1 Å². The number of hydrogen-bond donors (Lipinski definition) is 0. The van der Waals surface area contributed by atoms with E-state index in [0.29, 0.717) is 0 Å². The average Bonchev–Trinajstić information content (AvgIpc) is 3.74. The lowest BCUT2D eigenvalue weighted by molar-refractivity contribution is -0.673. The predicted octanol–water partition coefficient (Wildman–Crippen LogP) is 9.91. The molecule has 0 saturated carbocycles. The van der Waals surface area contributed by atoms with Gasteiger partial charge in [-0.1, -0.05) is 59.4 Å². The van der Waals surface area contributed by atoms with Crippen molar-refractivity contribution < 1.29 is 92.4 Å². The number of benzene rings is 6. The molecule has 0 saturated heterocycles. The van der Waals surface area contributed by atoms with Gasteiger partial charge in [0.2, 0.25) is 0 Å². The smallest absolute Gasteiger partial charge is 0.207 e. The fourth-order valence-electron chi connectivity index (χ4n) is 7.01. The van der Waals surface area contributed by atoms with Gasteiger partial charge in [0.05, 0.1) is 10.9 Å². The number of thiazole rings is 1. The molecule has 0 bridgehead atoms. The molecule has 0 unspecified atom stereocenters. The van der Waals surface area contributed by atoms with Gasteiger partial charge in [0.25, 0.3) is 5.01 Å². The fraction of sp³-hybridized carbons (Fsp3) is 0.0488. The Morgan fingerprint density at radius 3 is 0.953 bits per heavy atom. The second kappa shape index (κ2) is 17.6. The molecule has 7 aromatic rings. The molecule has 0 aliphatic carbocycles. The Kier molecular flexibility index (Phi) is 13.0. The maximum absolute atomic E-state index is 15.4. The standard InChI is InChI=1S/C24BF20.C17H16NS/c26-5-1(6(27)14(35)21(42)13(5)34)25(2-7(28)15(36)22(43)16(37)8(2)29,3-9(30)17(38)23(44)18(39)10(3)31)4-11(32)19(40)24(45)20(41)12(4)33;1-14-7-9-16(10-8-14)17-18(11-12-19-17)13-15-5-3-2-4-6-15/h;2-12H,13H2,1H3/q-1;+1. The number of halogens is 20. The molecule has 7 rings (SSSR count). The molecule has 0 amide bonds. The molecule has 1 heterocycles. The van der Waals surface area contributed by atoms with Crippen molar-refractivity contribution in [2.45, 2.75) is 13.5 Å². The molecule has 1 aromatic heterocycles. The van der Waals surface area contributed by atoms with Crippen LogP contribution in [0.5, 0.6) is 0 Å². The second-order valence-corrected chi connectivity index (χ2v) is 14.4. The molecule has 0 aliphatic rings. The summed E-state index contributed by atoms with van der Waals surface area (Å²) in [4.78, 5) is 0. The lowest BCUT2D eigenvalue weighted by atomic mass is 9.12. The number of rotatable bonds is 7. The summed E-state index contributed by atoms with van der Waals surface area (Å²) < 4.78 is 296. The van der Waals surface area contributed by atoms with Gasteiger partial charge < -0.3 is 0 Å². The average molecular weight is 945 g/mol. The minimum absolute atomic E-state index is 0.924. The molecule has 334 valence electrons. The van der Waals surface area contributed by atoms with Crippen LogP contribution in [0.25, 0.3) is 10.6 Å². The zero-order valence-electron chi connectivity index (χ0n) is 31.1. The Labute approximate surface area is 349 Å². The Hall–Kier alpha value is -6.39. The molecule has 0 aliphatic heterocycles. The van der Waals surface area contributed by atoms with Gasteiger partial charge in [-0.3, -0.25) is 0 Å². The van der Waals surface area contributed by atoms with E-state index in [4.69, 9.17) is 0 Å². The van der Waals surface area contributed by atoms with Crippen molar-refractivity contribution in [3.05, 3.63) is 194 Å². The van der Waals surface area contributed by atoms with E-state index in [2.05, 4.69) is 77.7 Å². The SMILES string of the molecule is Cc1ccc(-c2scc[n+]2Cc2ccccc2)cc1.Fc1c(F)c(F)c([B-](c2c(F)c(F)c(F)c(F)c2F)(c2c(F)c(F)c(F)c(F)c2F)c2c(F)c(F)c(F)c(F)c2F)c(F)c1F. The Balaban J connectivity index is 0.000000295. The molecule has 23 heteroatoms. The van der Waals surface area contributed by atoms with Crippen LogP contribution in [0.4, 0.5) is 87.8 Å². The van der Waals surface area contributed by atoms with Crippen LogP contribution in [-0.2, 0) is 6.54 Å². The third-order valence-corrected chi connectivity index (χ3v) is 10.8. The Bertz CT molecular complexity index is 2590. The molecule has 0 N–H and O–H groups in total. The van der Waals surface area contributed by atoms with Crippen molar-refractivity contribution in [3.63, 3.8) is 0 Å². The minimum atomic E-state index is -7.22. The largest absolute Gasteiger partial charge is 0.269 e. The first-order valence-electron chi connectivity index (χ1n) is 17.3. The zero-order valence-corrected chi connectivity index (χ0v) is 31.9. The third kappa shape index (κ3) is 7.41. The third-order valence-electron chi connectivity index (χ3n) is 9.88. The predicted molar refractivity (Wildman–Crippen MR) is 189 cm³/mol. The molecule has 1 nitrogen and oxygen atoms in total. The lowest BCUT2D eigenvalue weighted by Crippen LogP contribution is -2.81. The Morgan fingerprint density at radius 2 is 0.656 bits per heavy atom. The van der Waals surface area contributed by atoms with Crippen LogP contribution in [0.2, 0.25) is 0 Å². The van der Waals surface area contributed by atoms with Crippen molar-refractivity contribution in [2.24, 2.45) is 0 Å². The van der Waals surface area contributed by atoms with Crippen molar-refractivity contribution in [1.29, 1.82) is 0 Å². The molecule has 64 heavy (non-hydrogen) atoms. The van der Waals surface area contributed by atoms with Gasteiger partial charge in [0.1, 0.15) is 52.7 Å². The topological polar surface area (TPSA) is 3.88 Å². The summed E-state index contributed by atoms with van der Waals surface area (Å²) in [6, 6.07) is 19.3. The molecule has 6 aromatic carbocycles. The number of aryl methyl sites for hydroxylation is 1. The summed E-state index contributed by atoms with van der Waals surface area (Å²) in [5.74, 6) is -71.4. The quantitative estimate of drug-likeness (QED) is 0.0493. The van der Waals surface area contributed by atoms with E-state index in [0.717, 1.165) is 6.54 Å². The van der Waals surface area contributed by atoms with Crippen LogP contribution in [-0.4, -0.2) is 6.15 Å². The normalized spacial score (nSPS) is 11.6. The first-order chi connectivity index (χ1) is 30.0. The van der Waals surface area contributed by atoms with E-state index in [1.165, 1.54) is 21.7 Å². The molecule has 0 spiro atoms. The van der Waals surface area contributed by atoms with E-state index < -0.39 is 144 Å². The monoisotopic (exact) mass is 945 g/mol. The molecule has 0 radical (unpaired) electrons. The molecule has 0 fully saturated rings. The highest BCUT2D eigenvalue weighted by atomic mass is 32.1. The first kappa shape index (κ1) is 47.1. The zero-order chi connectivity index (χ0) is 47.4. The van der Waals surface area contributed by atoms with Gasteiger partial charge in [-0.15, -0.1) is 21.9 Å².